The highest BCUT2D eigenvalue weighted by atomic mass is 32.2. The van der Waals surface area contributed by atoms with Gasteiger partial charge in [-0.25, -0.2) is 18.0 Å². The highest BCUT2D eigenvalue weighted by molar-refractivity contribution is 8.03. The van der Waals surface area contributed by atoms with E-state index in [9.17, 15) is 19.1 Å². The van der Waals surface area contributed by atoms with Crippen LogP contribution in [-0.4, -0.2) is 53.0 Å². The number of carboxylic acid groups (broad SMARTS) is 1. The highest BCUT2D eigenvalue weighted by Crippen LogP contribution is 2.55. The molecule has 0 amide bonds. The van der Waals surface area contributed by atoms with E-state index in [0.29, 0.717) is 23.7 Å². The molecule has 0 bridgehead atoms. The van der Waals surface area contributed by atoms with Crippen molar-refractivity contribution < 1.29 is 27.9 Å². The number of nitrogens with one attached hydrogen (secondary N) is 2. The highest BCUT2D eigenvalue weighted by Gasteiger charge is 2.55. The summed E-state index contributed by atoms with van der Waals surface area (Å²) < 4.78 is 46.0. The summed E-state index contributed by atoms with van der Waals surface area (Å²) in [4.78, 5) is 28.7. The third kappa shape index (κ3) is 3.23. The summed E-state index contributed by atoms with van der Waals surface area (Å²) in [6.07, 6.45) is 0. The lowest BCUT2D eigenvalue weighted by atomic mass is 9.79. The number of Topliss-reactive ketones (excluding diaryl/α,β-unsaturated/α-hetero) is 1. The molecule has 0 radical (unpaired) electrons. The van der Waals surface area contributed by atoms with Crippen molar-refractivity contribution in [1.29, 1.82) is 0 Å². The molecule has 8 nitrogen and oxygen atoms in total. The first kappa shape index (κ1) is 22.8. The molecule has 4 aliphatic rings. The van der Waals surface area contributed by atoms with Crippen LogP contribution >= 0.6 is 11.8 Å². The Bertz CT molecular complexity index is 1210. The van der Waals surface area contributed by atoms with E-state index in [2.05, 4.69) is 10.7 Å². The monoisotopic (exact) mass is 493 g/mol. The van der Waals surface area contributed by atoms with Crippen LogP contribution in [0.5, 0.6) is 0 Å². The van der Waals surface area contributed by atoms with Gasteiger partial charge in [0.2, 0.25) is 0 Å². The Labute approximate surface area is 197 Å². The summed E-state index contributed by atoms with van der Waals surface area (Å²) in [5.74, 6) is -0.955. The predicted octanol–water partition coefficient (Wildman–Crippen LogP) is 2.12. The number of fused-ring (bicyclic) bond motifs is 5. The molecule has 1 aliphatic carbocycles. The minimum atomic E-state index is -1.56. The van der Waals surface area contributed by atoms with E-state index < -0.39 is 46.8 Å². The van der Waals surface area contributed by atoms with Gasteiger partial charge in [0.1, 0.15) is 23.1 Å². The van der Waals surface area contributed by atoms with E-state index in [1.807, 2.05) is 13.8 Å². The van der Waals surface area contributed by atoms with Gasteiger partial charge in [-0.2, -0.15) is 0 Å². The number of allylic oxidation sites excluding steroid dienone is 1. The first-order valence-corrected chi connectivity index (χ1v) is 11.5. The second-order valence-electron chi connectivity index (χ2n) is 8.80. The number of carboxylic acids is 1. The fraction of sp³-hybridized carbons (Fsp3) is 0.364. The van der Waals surface area contributed by atoms with E-state index >= 15 is 8.78 Å². The Balaban J connectivity index is 1.75. The molecule has 5 rings (SSSR count). The number of aliphatic carboxylic acids is 1. The molecule has 0 saturated carbocycles. The second-order valence-corrected chi connectivity index (χ2v) is 9.83. The predicted molar refractivity (Wildman–Crippen MR) is 119 cm³/mol. The number of nitrogens with two attached hydrogens (primary N) is 1. The summed E-state index contributed by atoms with van der Waals surface area (Å²) in [6.45, 7) is 4.40. The van der Waals surface area contributed by atoms with Gasteiger partial charge < -0.3 is 25.6 Å². The van der Waals surface area contributed by atoms with Crippen molar-refractivity contribution in [2.75, 3.05) is 18.0 Å². The molecule has 0 spiro atoms. The molecule has 1 aromatic rings. The Morgan fingerprint density at radius 1 is 1.24 bits per heavy atom. The zero-order chi connectivity index (χ0) is 24.5. The van der Waals surface area contributed by atoms with Crippen molar-refractivity contribution in [3.8, 4) is 0 Å². The van der Waals surface area contributed by atoms with E-state index in [1.54, 1.807) is 4.90 Å². The lowest BCUT2D eigenvalue weighted by Gasteiger charge is -2.45. The number of carbonyl (C=O) groups is 2. The summed E-state index contributed by atoms with van der Waals surface area (Å²) in [5.41, 5.74) is 1.21. The smallest absolute Gasteiger partial charge is 0.342 e. The number of halogens is 3. The van der Waals surface area contributed by atoms with Crippen molar-refractivity contribution in [3.63, 3.8) is 0 Å². The maximum atomic E-state index is 16.3. The number of rotatable bonds is 3. The molecule has 34 heavy (non-hydrogen) atoms. The molecule has 5 N–H and O–H groups in total. The molecule has 0 aromatic heterocycles. The minimum absolute atomic E-state index is 0.0328. The van der Waals surface area contributed by atoms with Gasteiger partial charge in [0, 0.05) is 30.1 Å². The Kier molecular flexibility index (Phi) is 5.41. The number of hydrogen-bond donors (Lipinski definition) is 4. The van der Waals surface area contributed by atoms with Crippen LogP contribution in [-0.2, 0) is 9.59 Å². The minimum Gasteiger partial charge on any atom is -0.477 e. The van der Waals surface area contributed by atoms with Crippen LogP contribution in [0.4, 0.5) is 18.9 Å². The van der Waals surface area contributed by atoms with Crippen LogP contribution < -0.4 is 21.5 Å². The van der Waals surface area contributed by atoms with Crippen molar-refractivity contribution in [3.05, 3.63) is 57.7 Å². The third-order valence-corrected chi connectivity index (χ3v) is 7.57. The van der Waals surface area contributed by atoms with Crippen LogP contribution in [0.25, 0.3) is 0 Å². The second kappa shape index (κ2) is 8.07. The number of benzene rings is 1. The van der Waals surface area contributed by atoms with E-state index in [0.717, 1.165) is 17.8 Å². The zero-order valence-electron chi connectivity index (χ0n) is 18.2. The van der Waals surface area contributed by atoms with Gasteiger partial charge in [-0.3, -0.25) is 10.6 Å². The van der Waals surface area contributed by atoms with Gasteiger partial charge in [-0.1, -0.05) is 11.8 Å². The van der Waals surface area contributed by atoms with Gasteiger partial charge >= 0.3 is 5.97 Å². The first-order chi connectivity index (χ1) is 16.1. The van der Waals surface area contributed by atoms with Crippen molar-refractivity contribution in [2.45, 2.75) is 36.9 Å². The van der Waals surface area contributed by atoms with Crippen LogP contribution in [0.1, 0.15) is 13.8 Å². The number of thioether (sulfide) groups is 1. The summed E-state index contributed by atoms with van der Waals surface area (Å²) >= 11 is 0.869. The van der Waals surface area contributed by atoms with Gasteiger partial charge in [0.25, 0.3) is 0 Å². The lowest BCUT2D eigenvalue weighted by molar-refractivity contribution is -0.135. The number of nitrogens with zero attached hydrogens (tertiary/aromatic N) is 2. The fourth-order valence-electron chi connectivity index (χ4n) is 5.24. The van der Waals surface area contributed by atoms with Crippen LogP contribution in [0.15, 0.2) is 56.7 Å². The number of carbonyl (C=O) groups excluding carboxylic acids is 1. The first-order valence-electron chi connectivity index (χ1n) is 10.7. The molecule has 4 unspecified atom stereocenters. The quantitative estimate of drug-likeness (QED) is 0.286. The van der Waals surface area contributed by atoms with E-state index in [4.69, 9.17) is 5.84 Å². The molecule has 1 fully saturated rings. The van der Waals surface area contributed by atoms with Crippen molar-refractivity contribution >= 4 is 29.2 Å². The number of anilines is 1. The maximum Gasteiger partial charge on any atom is 0.342 e. The summed E-state index contributed by atoms with van der Waals surface area (Å²) in [5, 5.41) is 13.1. The van der Waals surface area contributed by atoms with E-state index in [1.165, 1.54) is 17.0 Å². The van der Waals surface area contributed by atoms with Crippen molar-refractivity contribution in [1.82, 2.24) is 15.6 Å². The number of ketones is 1. The number of piperazine rings is 1. The normalized spacial score (nSPS) is 28.8. The largest absolute Gasteiger partial charge is 0.477 e. The van der Waals surface area contributed by atoms with Crippen LogP contribution in [0.3, 0.4) is 0 Å². The molecule has 3 heterocycles. The average molecular weight is 494 g/mol. The lowest BCUT2D eigenvalue weighted by Crippen LogP contribution is -2.57. The van der Waals surface area contributed by atoms with Crippen LogP contribution in [0.2, 0.25) is 0 Å². The molecular formula is C22H22F3N5O3S. The molecule has 12 heteroatoms. The molecule has 1 aromatic carbocycles. The van der Waals surface area contributed by atoms with Gasteiger partial charge in [-0.05, 0) is 32.0 Å². The molecule has 3 aliphatic heterocycles. The molecule has 180 valence electrons. The van der Waals surface area contributed by atoms with Crippen molar-refractivity contribution in [2.24, 2.45) is 11.8 Å². The van der Waals surface area contributed by atoms with Gasteiger partial charge in [0.05, 0.1) is 22.3 Å². The number of hydrogen-bond acceptors (Lipinski definition) is 8. The summed E-state index contributed by atoms with van der Waals surface area (Å²) in [6, 6.07) is 2.24. The average Bonchev–Trinajstić information content (AvgIpc) is 3.10. The van der Waals surface area contributed by atoms with Crippen LogP contribution in [0, 0.1) is 11.7 Å². The molecule has 1 saturated heterocycles. The fourth-order valence-corrected chi connectivity index (χ4v) is 6.49. The molecule has 4 atom stereocenters. The van der Waals surface area contributed by atoms with E-state index in [-0.39, 0.29) is 28.5 Å². The van der Waals surface area contributed by atoms with Gasteiger partial charge in [-0.15, -0.1) is 0 Å². The Morgan fingerprint density at radius 2 is 1.91 bits per heavy atom. The third-order valence-electron chi connectivity index (χ3n) is 6.43. The SMILES string of the molecule is CC1CN(C2=C(F)C3C(C(=O)C(C(=O)O)=C4Sc5cc(F)ccc5N43)C(NN)=C2F)CC(C)N1. The topological polar surface area (TPSA) is 111 Å². The molecular weight excluding hydrogens is 471 g/mol. The summed E-state index contributed by atoms with van der Waals surface area (Å²) in [7, 11) is 0. The van der Waals surface area contributed by atoms with Gasteiger partial charge in [0.15, 0.2) is 17.4 Å². The Hall–Kier alpha value is -2.96. The standard InChI is InChI=1S/C22H22F3N5O3S/c1-8-6-29(7-9(2)27-8)19-15(24)17(28-26)13-18(16(19)25)30-11-4-3-10(23)5-12(11)34-21(30)14(20(13)31)22(32)33/h3-5,8-9,13,18,27-28H,6-7,26H2,1-2H3,(H,32,33). The Morgan fingerprint density at radius 3 is 2.53 bits per heavy atom. The maximum absolute atomic E-state index is 16.3. The zero-order valence-corrected chi connectivity index (χ0v) is 19.0. The number of hydrazine groups is 1.